The second kappa shape index (κ2) is 8.93. The molecule has 4 rings (SSSR count). The summed E-state index contributed by atoms with van der Waals surface area (Å²) in [4.78, 5) is 18.5. The van der Waals surface area contributed by atoms with Gasteiger partial charge in [0.1, 0.15) is 17.1 Å². The molecular weight excluding hydrogens is 420 g/mol. The van der Waals surface area contributed by atoms with Gasteiger partial charge in [0.05, 0.1) is 32.0 Å². The number of nitrogens with zero attached hydrogens (tertiary/aromatic N) is 3. The molecule has 31 heavy (non-hydrogen) atoms. The van der Waals surface area contributed by atoms with Gasteiger partial charge >= 0.3 is 6.09 Å². The molecule has 1 aliphatic rings. The highest BCUT2D eigenvalue weighted by atomic mass is 35.5. The maximum Gasteiger partial charge on any atom is 0.407 e. The van der Waals surface area contributed by atoms with E-state index in [0.717, 1.165) is 48.5 Å². The highest BCUT2D eigenvalue weighted by Gasteiger charge is 2.22. The second-order valence-corrected chi connectivity index (χ2v) is 7.77. The lowest BCUT2D eigenvalue weighted by Crippen LogP contribution is -2.44. The van der Waals surface area contributed by atoms with E-state index in [4.69, 9.17) is 26.1 Å². The van der Waals surface area contributed by atoms with Crippen LogP contribution in [0.5, 0.6) is 11.5 Å². The van der Waals surface area contributed by atoms with Crippen LogP contribution in [0.25, 0.3) is 16.9 Å². The number of methoxy groups -OCH3 is 3. The summed E-state index contributed by atoms with van der Waals surface area (Å²) >= 11 is 6.33. The normalized spacial score (nSPS) is 14.5. The molecule has 0 atom stereocenters. The fourth-order valence-electron chi connectivity index (χ4n) is 3.87. The number of amides is 1. The maximum absolute atomic E-state index is 11.4. The van der Waals surface area contributed by atoms with Gasteiger partial charge in [-0.3, -0.25) is 0 Å². The Morgan fingerprint density at radius 2 is 1.87 bits per heavy atom. The molecule has 0 saturated carbocycles. The lowest BCUT2D eigenvalue weighted by atomic mass is 10.0. The van der Waals surface area contributed by atoms with Crippen molar-refractivity contribution in [2.75, 3.05) is 39.3 Å². The Morgan fingerprint density at radius 3 is 2.55 bits per heavy atom. The highest BCUT2D eigenvalue weighted by molar-refractivity contribution is 6.32. The van der Waals surface area contributed by atoms with Gasteiger partial charge in [0, 0.05) is 54.9 Å². The van der Waals surface area contributed by atoms with Gasteiger partial charge in [-0.1, -0.05) is 11.6 Å². The molecule has 1 aromatic carbocycles. The molecule has 3 heterocycles. The third-order valence-electron chi connectivity index (χ3n) is 5.56. The number of halogens is 1. The molecule has 0 unspecified atom stereocenters. The predicted octanol–water partition coefficient (Wildman–Crippen LogP) is 4.00. The molecule has 0 radical (unpaired) electrons. The Morgan fingerprint density at radius 1 is 1.13 bits per heavy atom. The number of ether oxygens (including phenoxy) is 3. The molecule has 1 saturated heterocycles. The van der Waals surface area contributed by atoms with Crippen LogP contribution in [-0.4, -0.2) is 55.9 Å². The van der Waals surface area contributed by atoms with Crippen molar-refractivity contribution >= 4 is 29.0 Å². The molecule has 8 nitrogen and oxygen atoms in total. The number of nitrogens with one attached hydrogen (secondary N) is 1. The summed E-state index contributed by atoms with van der Waals surface area (Å²) in [6.45, 7) is 1.70. The number of benzene rings is 1. The van der Waals surface area contributed by atoms with Crippen molar-refractivity contribution in [3.63, 3.8) is 0 Å². The number of alkyl carbamates (subject to hydrolysis) is 1. The van der Waals surface area contributed by atoms with Crippen LogP contribution in [-0.2, 0) is 4.74 Å². The highest BCUT2D eigenvalue weighted by Crippen LogP contribution is 2.38. The van der Waals surface area contributed by atoms with E-state index in [9.17, 15) is 4.79 Å². The first-order valence-corrected chi connectivity index (χ1v) is 10.4. The zero-order chi connectivity index (χ0) is 22.0. The number of imidazole rings is 1. The summed E-state index contributed by atoms with van der Waals surface area (Å²) in [5, 5.41) is 3.38. The zero-order valence-corrected chi connectivity index (χ0v) is 18.5. The molecular formula is C22H25ClN4O4. The van der Waals surface area contributed by atoms with Crippen molar-refractivity contribution in [2.24, 2.45) is 0 Å². The quantitative estimate of drug-likeness (QED) is 0.641. The molecule has 1 amide bonds. The number of pyridine rings is 1. The van der Waals surface area contributed by atoms with E-state index < -0.39 is 0 Å². The molecule has 1 aliphatic heterocycles. The summed E-state index contributed by atoms with van der Waals surface area (Å²) in [7, 11) is 4.56. The minimum Gasteiger partial charge on any atom is -0.496 e. The van der Waals surface area contributed by atoms with Crippen molar-refractivity contribution in [1.82, 2.24) is 14.7 Å². The van der Waals surface area contributed by atoms with Gasteiger partial charge in [0.25, 0.3) is 0 Å². The lowest BCUT2D eigenvalue weighted by molar-refractivity contribution is 0.164. The molecule has 0 spiro atoms. The first-order valence-electron chi connectivity index (χ1n) is 10.0. The summed E-state index contributed by atoms with van der Waals surface area (Å²) < 4.78 is 17.5. The van der Waals surface area contributed by atoms with E-state index in [1.165, 1.54) is 7.11 Å². The Kier molecular flexibility index (Phi) is 6.08. The first-order chi connectivity index (χ1) is 15.0. The number of fused-ring (bicyclic) bond motifs is 1. The molecule has 3 aromatic rings. The van der Waals surface area contributed by atoms with Gasteiger partial charge in [-0.05, 0) is 25.0 Å². The van der Waals surface area contributed by atoms with Gasteiger partial charge in [-0.25, -0.2) is 9.78 Å². The Balaban J connectivity index is 1.56. The number of carbonyl (C=O) groups is 1. The fraction of sp³-hybridized carbons (Fsp3) is 0.364. The summed E-state index contributed by atoms with van der Waals surface area (Å²) in [6, 6.07) is 7.85. The maximum atomic E-state index is 11.4. The molecule has 9 heteroatoms. The van der Waals surface area contributed by atoms with Crippen LogP contribution in [0.2, 0.25) is 5.02 Å². The van der Waals surface area contributed by atoms with Crippen molar-refractivity contribution in [2.45, 2.75) is 18.9 Å². The molecule has 2 aromatic heterocycles. The smallest absolute Gasteiger partial charge is 0.407 e. The van der Waals surface area contributed by atoms with E-state index in [1.807, 2.05) is 16.8 Å². The van der Waals surface area contributed by atoms with E-state index >= 15 is 0 Å². The molecule has 0 aliphatic carbocycles. The minimum atomic E-state index is -0.376. The largest absolute Gasteiger partial charge is 0.496 e. The third kappa shape index (κ3) is 4.34. The van der Waals surface area contributed by atoms with Crippen LogP contribution in [0.1, 0.15) is 12.8 Å². The monoisotopic (exact) mass is 444 g/mol. The van der Waals surface area contributed by atoms with Crippen LogP contribution >= 0.6 is 11.6 Å². The Bertz CT molecular complexity index is 1090. The average molecular weight is 445 g/mol. The Labute approximate surface area is 185 Å². The number of anilines is 1. The standard InChI is InChI=1S/C22H25ClN4O4/c1-29-19-12-20(30-2)17(23)11-16(19)18-13-27-9-6-15(10-21(27)25-18)26-7-4-14(5-8-26)24-22(28)31-3/h6,9-14H,4-5,7-8H2,1-3H3,(H,24,28). The topological polar surface area (TPSA) is 77.3 Å². The average Bonchev–Trinajstić information content (AvgIpc) is 3.22. The first kappa shape index (κ1) is 21.1. The van der Waals surface area contributed by atoms with Crippen LogP contribution in [0, 0.1) is 0 Å². The number of piperidine rings is 1. The predicted molar refractivity (Wildman–Crippen MR) is 120 cm³/mol. The van der Waals surface area contributed by atoms with E-state index in [-0.39, 0.29) is 12.1 Å². The molecule has 1 N–H and O–H groups in total. The van der Waals surface area contributed by atoms with Gasteiger partial charge < -0.3 is 28.8 Å². The van der Waals surface area contributed by atoms with Crippen LogP contribution in [0.3, 0.4) is 0 Å². The van der Waals surface area contributed by atoms with Crippen molar-refractivity contribution < 1.29 is 19.0 Å². The summed E-state index contributed by atoms with van der Waals surface area (Å²) in [5.74, 6) is 1.20. The number of rotatable bonds is 5. The summed E-state index contributed by atoms with van der Waals surface area (Å²) in [6.07, 6.45) is 5.30. The number of carbonyl (C=O) groups excluding carboxylic acids is 1. The molecule has 0 bridgehead atoms. The van der Waals surface area contributed by atoms with Gasteiger partial charge in [-0.15, -0.1) is 0 Å². The second-order valence-electron chi connectivity index (χ2n) is 7.36. The van der Waals surface area contributed by atoms with Gasteiger partial charge in [0.2, 0.25) is 0 Å². The Hall–Kier alpha value is -3.13. The number of hydrogen-bond acceptors (Lipinski definition) is 6. The summed E-state index contributed by atoms with van der Waals surface area (Å²) in [5.41, 5.74) is 3.49. The van der Waals surface area contributed by atoms with E-state index in [0.29, 0.717) is 16.5 Å². The van der Waals surface area contributed by atoms with E-state index in [2.05, 4.69) is 27.1 Å². The van der Waals surface area contributed by atoms with Gasteiger partial charge in [0.15, 0.2) is 0 Å². The molecule has 1 fully saturated rings. The van der Waals surface area contributed by atoms with Gasteiger partial charge in [-0.2, -0.15) is 0 Å². The SMILES string of the molecule is COC(=O)NC1CCN(c2ccn3cc(-c4cc(Cl)c(OC)cc4OC)nc3c2)CC1. The zero-order valence-electron chi connectivity index (χ0n) is 17.7. The van der Waals surface area contributed by atoms with Crippen molar-refractivity contribution in [3.05, 3.63) is 41.7 Å². The van der Waals surface area contributed by atoms with Crippen LogP contribution < -0.4 is 19.7 Å². The van der Waals surface area contributed by atoms with Crippen LogP contribution in [0.15, 0.2) is 36.7 Å². The van der Waals surface area contributed by atoms with Crippen molar-refractivity contribution in [3.8, 4) is 22.8 Å². The minimum absolute atomic E-state index is 0.137. The lowest BCUT2D eigenvalue weighted by Gasteiger charge is -2.33. The number of hydrogen-bond donors (Lipinski definition) is 1. The fourth-order valence-corrected chi connectivity index (χ4v) is 4.11. The van der Waals surface area contributed by atoms with Crippen LogP contribution in [0.4, 0.5) is 10.5 Å². The molecule has 164 valence electrons. The third-order valence-corrected chi connectivity index (χ3v) is 5.86. The number of aromatic nitrogens is 2. The van der Waals surface area contributed by atoms with Crippen molar-refractivity contribution in [1.29, 1.82) is 0 Å². The van der Waals surface area contributed by atoms with E-state index in [1.54, 1.807) is 26.4 Å².